The molecule has 8 nitrogen and oxygen atoms in total. The summed E-state index contributed by atoms with van der Waals surface area (Å²) < 4.78 is 42.0. The van der Waals surface area contributed by atoms with Gasteiger partial charge in [-0.25, -0.2) is 9.97 Å². The van der Waals surface area contributed by atoms with E-state index in [4.69, 9.17) is 0 Å². The molecular formula is C25H28F3N7O. The molecule has 3 aromatic rings. The van der Waals surface area contributed by atoms with Crippen molar-refractivity contribution in [2.45, 2.75) is 57.3 Å². The maximum absolute atomic E-state index is 14.0. The highest BCUT2D eigenvalue weighted by atomic mass is 19.4. The summed E-state index contributed by atoms with van der Waals surface area (Å²) in [5, 5.41) is 6.61. The average molecular weight is 500 g/mol. The third-order valence-electron chi connectivity index (χ3n) is 6.86. The lowest BCUT2D eigenvalue weighted by Gasteiger charge is -2.36. The number of anilines is 2. The zero-order chi connectivity index (χ0) is 25.5. The third kappa shape index (κ3) is 4.79. The van der Waals surface area contributed by atoms with Gasteiger partial charge >= 0.3 is 6.18 Å². The number of fused-ring (bicyclic) bond motifs is 1. The number of piperidine rings is 1. The molecule has 0 aromatic carbocycles. The van der Waals surface area contributed by atoms with E-state index in [2.05, 4.69) is 44.4 Å². The van der Waals surface area contributed by atoms with Gasteiger partial charge < -0.3 is 20.5 Å². The number of aromatic amines is 1. The van der Waals surface area contributed by atoms with Gasteiger partial charge in [0.05, 0.1) is 5.69 Å². The molecule has 190 valence electrons. The summed E-state index contributed by atoms with van der Waals surface area (Å²) >= 11 is 0. The van der Waals surface area contributed by atoms with E-state index in [1.54, 1.807) is 29.4 Å². The Labute approximate surface area is 206 Å². The minimum absolute atomic E-state index is 0.00134. The van der Waals surface area contributed by atoms with Crippen molar-refractivity contribution in [3.8, 4) is 11.3 Å². The van der Waals surface area contributed by atoms with Crippen LogP contribution in [0.4, 0.5) is 24.8 Å². The van der Waals surface area contributed by atoms with E-state index in [9.17, 15) is 18.0 Å². The van der Waals surface area contributed by atoms with Crippen molar-refractivity contribution in [2.75, 3.05) is 23.3 Å². The Balaban J connectivity index is 1.50. The van der Waals surface area contributed by atoms with E-state index in [-0.39, 0.29) is 40.4 Å². The second-order valence-corrected chi connectivity index (χ2v) is 9.92. The van der Waals surface area contributed by atoms with Gasteiger partial charge in [0.1, 0.15) is 11.3 Å². The topological polar surface area (TPSA) is 98.8 Å². The fourth-order valence-corrected chi connectivity index (χ4v) is 4.83. The number of aromatic nitrogens is 4. The predicted octanol–water partition coefficient (Wildman–Crippen LogP) is 4.42. The number of carbonyl (C=O) groups excluding carboxylic acids is 1. The average Bonchev–Trinajstić information content (AvgIpc) is 3.19. The van der Waals surface area contributed by atoms with Crippen molar-refractivity contribution in [2.24, 2.45) is 0 Å². The molecule has 0 aliphatic carbocycles. The lowest BCUT2D eigenvalue weighted by atomic mass is 9.91. The van der Waals surface area contributed by atoms with Crippen LogP contribution in [0.5, 0.6) is 0 Å². The van der Waals surface area contributed by atoms with Gasteiger partial charge in [0, 0.05) is 60.7 Å². The van der Waals surface area contributed by atoms with Crippen LogP contribution in [-0.2, 0) is 12.6 Å². The number of halogens is 3. The maximum Gasteiger partial charge on any atom is 0.419 e. The zero-order valence-corrected chi connectivity index (χ0v) is 20.1. The molecule has 2 aliphatic heterocycles. The quantitative estimate of drug-likeness (QED) is 0.492. The number of alkyl halides is 3. The molecule has 5 rings (SSSR count). The Hall–Kier alpha value is -3.47. The number of nitrogens with one attached hydrogen (secondary N) is 3. The van der Waals surface area contributed by atoms with Crippen molar-refractivity contribution in [3.63, 3.8) is 0 Å². The molecule has 0 spiro atoms. The second-order valence-electron chi connectivity index (χ2n) is 9.92. The number of nitrogens with zero attached hydrogens (tertiary/aromatic N) is 4. The number of H-pyrrole nitrogens is 1. The van der Waals surface area contributed by atoms with E-state index in [1.165, 1.54) is 6.20 Å². The van der Waals surface area contributed by atoms with Gasteiger partial charge in [-0.15, -0.1) is 0 Å². The zero-order valence-electron chi connectivity index (χ0n) is 20.1. The van der Waals surface area contributed by atoms with E-state index in [1.807, 2.05) is 0 Å². The third-order valence-corrected chi connectivity index (χ3v) is 6.86. The highest BCUT2D eigenvalue weighted by molar-refractivity contribution is 6.07. The first-order chi connectivity index (χ1) is 17.1. The monoisotopic (exact) mass is 499 g/mol. The van der Waals surface area contributed by atoms with Gasteiger partial charge in [-0.1, -0.05) is 0 Å². The summed E-state index contributed by atoms with van der Waals surface area (Å²) in [6.07, 6.45) is 3.62. The van der Waals surface area contributed by atoms with E-state index < -0.39 is 11.7 Å². The van der Waals surface area contributed by atoms with Gasteiger partial charge in [-0.3, -0.25) is 9.78 Å². The Morgan fingerprint density at radius 3 is 2.69 bits per heavy atom. The molecule has 0 saturated carbocycles. The van der Waals surface area contributed by atoms with E-state index in [0.29, 0.717) is 37.2 Å². The number of carbonyl (C=O) groups is 1. The number of hydrogen-bond acceptors (Lipinski definition) is 6. The molecule has 36 heavy (non-hydrogen) atoms. The van der Waals surface area contributed by atoms with Crippen LogP contribution < -0.4 is 15.5 Å². The Morgan fingerprint density at radius 1 is 1.22 bits per heavy atom. The molecule has 1 saturated heterocycles. The van der Waals surface area contributed by atoms with Crippen LogP contribution in [0.3, 0.4) is 0 Å². The first-order valence-corrected chi connectivity index (χ1v) is 12.0. The van der Waals surface area contributed by atoms with Crippen molar-refractivity contribution in [1.82, 2.24) is 25.3 Å². The lowest BCUT2D eigenvalue weighted by Crippen LogP contribution is -2.50. The molecule has 0 radical (unpaired) electrons. The molecule has 11 heteroatoms. The Kier molecular flexibility index (Phi) is 6.19. The number of hydrogen-bond donors (Lipinski definition) is 3. The first-order valence-electron chi connectivity index (χ1n) is 12.0. The van der Waals surface area contributed by atoms with Crippen molar-refractivity contribution in [3.05, 3.63) is 53.7 Å². The Bertz CT molecular complexity index is 1250. The SMILES string of the molecule is CC1(C)CC[C@H](Nc2ncc(C(F)(F)F)c(-c3c[nH]c4c3CCCN(c3ccncc3)C4=O)n2)CN1. The van der Waals surface area contributed by atoms with Gasteiger partial charge in [0.25, 0.3) is 5.91 Å². The summed E-state index contributed by atoms with van der Waals surface area (Å²) in [6.45, 7) is 5.33. The summed E-state index contributed by atoms with van der Waals surface area (Å²) in [5.74, 6) is -0.158. The highest BCUT2D eigenvalue weighted by Crippen LogP contribution is 2.39. The minimum Gasteiger partial charge on any atom is -0.356 e. The van der Waals surface area contributed by atoms with Crippen LogP contribution in [0, 0.1) is 0 Å². The van der Waals surface area contributed by atoms with Gasteiger partial charge in [-0.05, 0) is 57.2 Å². The summed E-state index contributed by atoms with van der Waals surface area (Å²) in [5.41, 5.74) is 0.631. The van der Waals surface area contributed by atoms with Crippen LogP contribution in [0.1, 0.15) is 54.7 Å². The summed E-state index contributed by atoms with van der Waals surface area (Å²) in [7, 11) is 0. The van der Waals surface area contributed by atoms with Crippen molar-refractivity contribution in [1.29, 1.82) is 0 Å². The van der Waals surface area contributed by atoms with Gasteiger partial charge in [0.15, 0.2) is 0 Å². The lowest BCUT2D eigenvalue weighted by molar-refractivity contribution is -0.137. The summed E-state index contributed by atoms with van der Waals surface area (Å²) in [6, 6.07) is 3.47. The maximum atomic E-state index is 14.0. The van der Waals surface area contributed by atoms with Crippen LogP contribution >= 0.6 is 0 Å². The van der Waals surface area contributed by atoms with Crippen LogP contribution in [0.2, 0.25) is 0 Å². The van der Waals surface area contributed by atoms with Crippen molar-refractivity contribution >= 4 is 17.5 Å². The molecule has 1 atom stereocenters. The van der Waals surface area contributed by atoms with Crippen LogP contribution in [0.25, 0.3) is 11.3 Å². The Morgan fingerprint density at radius 2 is 2.00 bits per heavy atom. The van der Waals surface area contributed by atoms with E-state index in [0.717, 1.165) is 19.0 Å². The van der Waals surface area contributed by atoms with Crippen molar-refractivity contribution < 1.29 is 18.0 Å². The van der Waals surface area contributed by atoms with Crippen LogP contribution in [0.15, 0.2) is 36.9 Å². The number of pyridine rings is 1. The van der Waals surface area contributed by atoms with E-state index >= 15 is 0 Å². The van der Waals surface area contributed by atoms with Gasteiger partial charge in [-0.2, -0.15) is 13.2 Å². The molecule has 3 aromatic heterocycles. The summed E-state index contributed by atoms with van der Waals surface area (Å²) in [4.78, 5) is 30.2. The molecule has 0 unspecified atom stereocenters. The fourth-order valence-electron chi connectivity index (χ4n) is 4.83. The molecule has 3 N–H and O–H groups in total. The fraction of sp³-hybridized carbons (Fsp3) is 0.440. The number of rotatable bonds is 4. The smallest absolute Gasteiger partial charge is 0.356 e. The first kappa shape index (κ1) is 24.2. The second kappa shape index (κ2) is 9.20. The molecule has 5 heterocycles. The molecule has 1 amide bonds. The molecule has 0 bridgehead atoms. The molecule has 1 fully saturated rings. The minimum atomic E-state index is -4.65. The highest BCUT2D eigenvalue weighted by Gasteiger charge is 2.38. The largest absolute Gasteiger partial charge is 0.419 e. The molecular weight excluding hydrogens is 471 g/mol. The van der Waals surface area contributed by atoms with Crippen LogP contribution in [-0.4, -0.2) is 50.5 Å². The normalized spacial score (nSPS) is 20.1. The number of amides is 1. The predicted molar refractivity (Wildman–Crippen MR) is 130 cm³/mol. The standard InChI is InChI=1S/C25H28F3N7O/c1-24(2)8-5-15(12-32-24)33-23-31-14-19(25(26,27)28)20(34-23)18-13-30-21-17(18)4-3-11-35(22(21)36)16-6-9-29-10-7-16/h6-7,9-10,13-15,30,32H,3-5,8,11-12H2,1-2H3,(H,31,33,34)/t15-/m0/s1. The molecule has 2 aliphatic rings. The van der Waals surface area contributed by atoms with Gasteiger partial charge in [0.2, 0.25) is 5.95 Å².